The minimum atomic E-state index is -0.607. The Morgan fingerprint density at radius 1 is 1.13 bits per heavy atom. The van der Waals surface area contributed by atoms with Crippen LogP contribution in [-0.2, 0) is 13.0 Å². The van der Waals surface area contributed by atoms with Crippen LogP contribution in [0.3, 0.4) is 0 Å². The topological polar surface area (TPSA) is 79.3 Å². The summed E-state index contributed by atoms with van der Waals surface area (Å²) < 4.78 is 20.8. The zero-order valence-corrected chi connectivity index (χ0v) is 21.2. The summed E-state index contributed by atoms with van der Waals surface area (Å²) in [7, 11) is 1.59. The Kier molecular flexibility index (Phi) is 7.67. The third-order valence-electron chi connectivity index (χ3n) is 6.70. The maximum absolute atomic E-state index is 13.6. The highest BCUT2D eigenvalue weighted by molar-refractivity contribution is 6.07. The lowest BCUT2D eigenvalue weighted by Gasteiger charge is -2.13. The van der Waals surface area contributed by atoms with E-state index in [-0.39, 0.29) is 11.6 Å². The number of para-hydroxylation sites is 1. The van der Waals surface area contributed by atoms with Crippen LogP contribution in [0.2, 0.25) is 0 Å². The van der Waals surface area contributed by atoms with Crippen LogP contribution in [0.15, 0.2) is 85.2 Å². The highest BCUT2D eigenvalue weighted by atomic mass is 19.1. The summed E-state index contributed by atoms with van der Waals surface area (Å²) >= 11 is 0. The molecule has 5 aromatic rings. The highest BCUT2D eigenvalue weighted by Gasteiger charge is 2.12. The highest BCUT2D eigenvalue weighted by Crippen LogP contribution is 2.24. The van der Waals surface area contributed by atoms with E-state index in [4.69, 9.17) is 4.74 Å². The lowest BCUT2D eigenvalue weighted by atomic mass is 10.1. The number of fused-ring (bicyclic) bond motifs is 2. The summed E-state index contributed by atoms with van der Waals surface area (Å²) in [5, 5.41) is 15.9. The molecule has 0 fully saturated rings. The summed E-state index contributed by atoms with van der Waals surface area (Å²) in [6, 6.07) is 19.7. The zero-order valence-electron chi connectivity index (χ0n) is 21.2. The number of allylic oxidation sites excluding steroid dienone is 1. The number of carbonyl (C=O) groups excluding carboxylic acids is 1. The van der Waals surface area contributed by atoms with Crippen LogP contribution in [0.4, 0.5) is 4.39 Å². The molecule has 3 aromatic carbocycles. The lowest BCUT2D eigenvalue weighted by Crippen LogP contribution is -2.31. The number of aliphatic hydroxyl groups excluding tert-OH is 1. The number of ketones is 1. The van der Waals surface area contributed by atoms with Gasteiger partial charge in [0.05, 0.1) is 13.2 Å². The quantitative estimate of drug-likeness (QED) is 0.127. The number of aromatic amines is 1. The fraction of sp³-hybridized carbons (Fsp3) is 0.194. The van der Waals surface area contributed by atoms with Crippen LogP contribution in [0.1, 0.15) is 21.5 Å². The van der Waals surface area contributed by atoms with Crippen molar-refractivity contribution in [1.29, 1.82) is 0 Å². The van der Waals surface area contributed by atoms with Gasteiger partial charge in [-0.1, -0.05) is 18.2 Å². The summed E-state index contributed by atoms with van der Waals surface area (Å²) in [4.78, 5) is 15.8. The first kappa shape index (κ1) is 25.4. The molecule has 0 spiro atoms. The van der Waals surface area contributed by atoms with E-state index in [1.54, 1.807) is 49.6 Å². The molecular weight excluding hydrogens is 481 g/mol. The molecule has 0 radical (unpaired) electrons. The van der Waals surface area contributed by atoms with Gasteiger partial charge in [0.25, 0.3) is 0 Å². The molecule has 3 N–H and O–H groups in total. The second-order valence-electron chi connectivity index (χ2n) is 9.29. The van der Waals surface area contributed by atoms with Gasteiger partial charge in [0.1, 0.15) is 11.6 Å². The van der Waals surface area contributed by atoms with Crippen molar-refractivity contribution in [2.24, 2.45) is 0 Å². The molecule has 7 heteroatoms. The van der Waals surface area contributed by atoms with Crippen molar-refractivity contribution in [2.75, 3.05) is 20.2 Å². The smallest absolute Gasteiger partial charge is 0.185 e. The van der Waals surface area contributed by atoms with Crippen molar-refractivity contribution in [3.05, 3.63) is 108 Å². The second kappa shape index (κ2) is 11.5. The average Bonchev–Trinajstić information content (AvgIpc) is 3.50. The Morgan fingerprint density at radius 3 is 2.76 bits per heavy atom. The summed E-state index contributed by atoms with van der Waals surface area (Å²) in [6.07, 6.45) is 7.38. The largest absolute Gasteiger partial charge is 0.497 e. The first-order valence-electron chi connectivity index (χ1n) is 12.6. The van der Waals surface area contributed by atoms with E-state index in [2.05, 4.69) is 10.3 Å². The van der Waals surface area contributed by atoms with E-state index in [1.807, 2.05) is 47.3 Å². The molecule has 1 atom stereocenters. The Morgan fingerprint density at radius 2 is 1.95 bits per heavy atom. The van der Waals surface area contributed by atoms with E-state index in [9.17, 15) is 14.3 Å². The number of hydrogen-bond donors (Lipinski definition) is 3. The number of H-pyrrole nitrogens is 1. The number of methoxy groups -OCH3 is 1. The SMILES string of the molecule is COc1ccc(C(=O)/C=C/c2cn(CC(O)CNCCc3c[nH]c4ccc(F)cc34)c3ccccc23)cc1. The maximum atomic E-state index is 13.6. The summed E-state index contributed by atoms with van der Waals surface area (Å²) in [5.74, 6) is 0.363. The summed E-state index contributed by atoms with van der Waals surface area (Å²) in [5.41, 5.74) is 4.44. The Hall–Kier alpha value is -4.20. The van der Waals surface area contributed by atoms with E-state index in [1.165, 1.54) is 6.07 Å². The van der Waals surface area contributed by atoms with Crippen molar-refractivity contribution in [1.82, 2.24) is 14.9 Å². The fourth-order valence-electron chi connectivity index (χ4n) is 4.72. The van der Waals surface area contributed by atoms with Gasteiger partial charge < -0.3 is 24.7 Å². The van der Waals surface area contributed by atoms with Gasteiger partial charge in [-0.25, -0.2) is 4.39 Å². The minimum Gasteiger partial charge on any atom is -0.497 e. The van der Waals surface area contributed by atoms with E-state index >= 15 is 0 Å². The maximum Gasteiger partial charge on any atom is 0.185 e. The van der Waals surface area contributed by atoms with E-state index < -0.39 is 6.10 Å². The normalized spacial score (nSPS) is 12.5. The number of halogens is 1. The van der Waals surface area contributed by atoms with Crippen LogP contribution in [-0.4, -0.2) is 46.7 Å². The Balaban J connectivity index is 1.20. The molecule has 0 aliphatic rings. The summed E-state index contributed by atoms with van der Waals surface area (Å²) in [6.45, 7) is 1.49. The molecule has 0 bridgehead atoms. The molecule has 194 valence electrons. The Labute approximate surface area is 220 Å². The van der Waals surface area contributed by atoms with Gasteiger partial charge in [-0.3, -0.25) is 4.79 Å². The van der Waals surface area contributed by atoms with Crippen molar-refractivity contribution >= 4 is 33.7 Å². The van der Waals surface area contributed by atoms with Gasteiger partial charge >= 0.3 is 0 Å². The molecule has 6 nitrogen and oxygen atoms in total. The van der Waals surface area contributed by atoms with Crippen LogP contribution in [0, 0.1) is 5.82 Å². The standard InChI is InChI=1S/C31H30FN3O3/c1-38-26-10-6-21(7-11-26)31(37)13-8-23-19-35(30-5-3-2-4-27(23)30)20-25(36)18-33-15-14-22-17-34-29-12-9-24(32)16-28(22)29/h2-13,16-17,19,25,33-34,36H,14-15,18,20H2,1H3/b13-8+. The molecule has 0 amide bonds. The zero-order chi connectivity index (χ0) is 26.5. The molecule has 0 aliphatic heterocycles. The number of carbonyl (C=O) groups is 1. The molecule has 2 aromatic heterocycles. The number of ether oxygens (including phenoxy) is 1. The molecule has 0 aliphatic carbocycles. The van der Waals surface area contributed by atoms with Crippen molar-refractivity contribution in [3.63, 3.8) is 0 Å². The van der Waals surface area contributed by atoms with Crippen molar-refractivity contribution < 1.29 is 19.0 Å². The number of aliphatic hydroxyl groups is 1. The number of nitrogens with one attached hydrogen (secondary N) is 2. The third-order valence-corrected chi connectivity index (χ3v) is 6.70. The number of rotatable bonds is 11. The molecule has 0 saturated heterocycles. The molecule has 38 heavy (non-hydrogen) atoms. The minimum absolute atomic E-state index is 0.0911. The van der Waals surface area contributed by atoms with Gasteiger partial charge in [-0.2, -0.15) is 0 Å². The van der Waals surface area contributed by atoms with Crippen LogP contribution >= 0.6 is 0 Å². The van der Waals surface area contributed by atoms with Gasteiger partial charge in [-0.05, 0) is 79.2 Å². The van der Waals surface area contributed by atoms with Crippen molar-refractivity contribution in [3.8, 4) is 5.75 Å². The van der Waals surface area contributed by atoms with E-state index in [0.29, 0.717) is 30.9 Å². The number of benzene rings is 3. The predicted molar refractivity (Wildman–Crippen MR) is 149 cm³/mol. The number of hydrogen-bond acceptors (Lipinski definition) is 4. The third kappa shape index (κ3) is 5.69. The lowest BCUT2D eigenvalue weighted by molar-refractivity contribution is 0.104. The first-order valence-corrected chi connectivity index (χ1v) is 12.6. The second-order valence-corrected chi connectivity index (χ2v) is 9.29. The Bertz CT molecular complexity index is 1580. The molecule has 0 saturated carbocycles. The molecule has 2 heterocycles. The van der Waals surface area contributed by atoms with Gasteiger partial charge in [0.15, 0.2) is 5.78 Å². The molecule has 5 rings (SSSR count). The average molecular weight is 512 g/mol. The van der Waals surface area contributed by atoms with Crippen LogP contribution in [0.5, 0.6) is 5.75 Å². The monoisotopic (exact) mass is 511 g/mol. The van der Waals surface area contributed by atoms with E-state index in [0.717, 1.165) is 39.4 Å². The van der Waals surface area contributed by atoms with Crippen LogP contribution in [0.25, 0.3) is 27.9 Å². The molecule has 1 unspecified atom stereocenters. The number of aromatic nitrogens is 2. The predicted octanol–water partition coefficient (Wildman–Crippen LogP) is 5.36. The van der Waals surface area contributed by atoms with Gasteiger partial charge in [0.2, 0.25) is 0 Å². The molecular formula is C31H30FN3O3. The first-order chi connectivity index (χ1) is 18.5. The van der Waals surface area contributed by atoms with Gasteiger partial charge in [0, 0.05) is 58.4 Å². The van der Waals surface area contributed by atoms with Gasteiger partial charge in [-0.15, -0.1) is 0 Å². The van der Waals surface area contributed by atoms with Crippen LogP contribution < -0.4 is 10.1 Å². The fourth-order valence-corrected chi connectivity index (χ4v) is 4.72. The van der Waals surface area contributed by atoms with Crippen molar-refractivity contribution in [2.45, 2.75) is 19.1 Å². The number of nitrogens with zero attached hydrogens (tertiary/aromatic N) is 1.